The molecular weight excluding hydrogens is 188 g/mol. The van der Waals surface area contributed by atoms with Crippen molar-refractivity contribution >= 4 is 0 Å². The van der Waals surface area contributed by atoms with E-state index < -0.39 is 5.54 Å². The fourth-order valence-corrected chi connectivity index (χ4v) is 1.58. The molecule has 15 heavy (non-hydrogen) atoms. The maximum Gasteiger partial charge on any atom is 0.0656 e. The van der Waals surface area contributed by atoms with Crippen molar-refractivity contribution in [3.63, 3.8) is 0 Å². The Balaban J connectivity index is 2.11. The van der Waals surface area contributed by atoms with E-state index in [1.807, 2.05) is 29.9 Å². The Morgan fingerprint density at radius 2 is 2.40 bits per heavy atom. The zero-order valence-corrected chi connectivity index (χ0v) is 8.85. The summed E-state index contributed by atoms with van der Waals surface area (Å²) in [5, 5.41) is 4.15. The average molecular weight is 204 g/mol. The predicted molar refractivity (Wildman–Crippen MR) is 59.8 cm³/mol. The summed E-state index contributed by atoms with van der Waals surface area (Å²) >= 11 is 0. The fraction of sp³-hybridized carbons (Fsp3) is 0.364. The van der Waals surface area contributed by atoms with E-state index in [0.29, 0.717) is 0 Å². The number of nitrogens with two attached hydrogens (primary N) is 2. The third-order valence-electron chi connectivity index (χ3n) is 2.69. The highest BCUT2D eigenvalue weighted by Gasteiger charge is 2.23. The lowest BCUT2D eigenvalue weighted by Gasteiger charge is -2.28. The van der Waals surface area contributed by atoms with Gasteiger partial charge in [0.15, 0.2) is 0 Å². The SMILES string of the molecule is CC1(N)CC=C(Cn2cccn2)C=C1N. The molecular formula is C11H16N4. The van der Waals surface area contributed by atoms with E-state index in [4.69, 9.17) is 11.5 Å². The summed E-state index contributed by atoms with van der Waals surface area (Å²) in [4.78, 5) is 0. The number of nitrogens with zero attached hydrogens (tertiary/aromatic N) is 2. The lowest BCUT2D eigenvalue weighted by atomic mass is 9.88. The second-order valence-corrected chi connectivity index (χ2v) is 4.20. The van der Waals surface area contributed by atoms with E-state index in [1.54, 1.807) is 6.20 Å². The van der Waals surface area contributed by atoms with Crippen LogP contribution in [0.4, 0.5) is 0 Å². The van der Waals surface area contributed by atoms with Crippen molar-refractivity contribution in [2.45, 2.75) is 25.4 Å². The number of hydrogen-bond donors (Lipinski definition) is 2. The van der Waals surface area contributed by atoms with Gasteiger partial charge in [-0.05, 0) is 31.1 Å². The Kier molecular flexibility index (Phi) is 2.36. The quantitative estimate of drug-likeness (QED) is 0.747. The molecule has 2 rings (SSSR count). The van der Waals surface area contributed by atoms with Crippen molar-refractivity contribution in [1.82, 2.24) is 9.78 Å². The summed E-state index contributed by atoms with van der Waals surface area (Å²) < 4.78 is 1.87. The number of rotatable bonds is 2. The molecule has 0 saturated heterocycles. The van der Waals surface area contributed by atoms with Crippen molar-refractivity contribution < 1.29 is 0 Å². The molecule has 0 aliphatic heterocycles. The van der Waals surface area contributed by atoms with Gasteiger partial charge in [0.05, 0.1) is 12.1 Å². The molecule has 0 bridgehead atoms. The van der Waals surface area contributed by atoms with Gasteiger partial charge in [-0.1, -0.05) is 6.08 Å². The molecule has 80 valence electrons. The van der Waals surface area contributed by atoms with Gasteiger partial charge in [0, 0.05) is 18.1 Å². The average Bonchev–Trinajstić information content (AvgIpc) is 2.65. The molecule has 1 unspecified atom stereocenters. The first-order valence-corrected chi connectivity index (χ1v) is 5.01. The highest BCUT2D eigenvalue weighted by atomic mass is 15.3. The molecule has 4 heteroatoms. The van der Waals surface area contributed by atoms with Gasteiger partial charge in [-0.25, -0.2) is 0 Å². The van der Waals surface area contributed by atoms with E-state index in [2.05, 4.69) is 11.2 Å². The lowest BCUT2D eigenvalue weighted by molar-refractivity contribution is 0.536. The molecule has 4 nitrogen and oxygen atoms in total. The molecule has 1 aromatic heterocycles. The summed E-state index contributed by atoms with van der Waals surface area (Å²) in [7, 11) is 0. The van der Waals surface area contributed by atoms with Gasteiger partial charge in [-0.3, -0.25) is 4.68 Å². The van der Waals surface area contributed by atoms with Gasteiger partial charge < -0.3 is 11.5 Å². The van der Waals surface area contributed by atoms with Crippen LogP contribution in [0.1, 0.15) is 13.3 Å². The summed E-state index contributed by atoms with van der Waals surface area (Å²) in [5.41, 5.74) is 13.4. The number of allylic oxidation sites excluding steroid dienone is 2. The van der Waals surface area contributed by atoms with Crippen LogP contribution in [0.25, 0.3) is 0 Å². The fourth-order valence-electron chi connectivity index (χ4n) is 1.58. The third-order valence-corrected chi connectivity index (χ3v) is 2.69. The topological polar surface area (TPSA) is 69.9 Å². The summed E-state index contributed by atoms with van der Waals surface area (Å²) in [6, 6.07) is 1.91. The summed E-state index contributed by atoms with van der Waals surface area (Å²) in [6.45, 7) is 2.70. The monoisotopic (exact) mass is 204 g/mol. The first-order valence-electron chi connectivity index (χ1n) is 5.01. The normalized spacial score (nSPS) is 26.0. The van der Waals surface area contributed by atoms with E-state index in [9.17, 15) is 0 Å². The Morgan fingerprint density at radius 1 is 1.60 bits per heavy atom. The van der Waals surface area contributed by atoms with Crippen molar-refractivity contribution in [2.24, 2.45) is 11.5 Å². The Bertz CT molecular complexity index is 398. The predicted octanol–water partition coefficient (Wildman–Crippen LogP) is 0.773. The van der Waals surface area contributed by atoms with Gasteiger partial charge in [0.2, 0.25) is 0 Å². The molecule has 1 aromatic rings. The lowest BCUT2D eigenvalue weighted by Crippen LogP contribution is -2.42. The first-order chi connectivity index (χ1) is 7.08. The van der Waals surface area contributed by atoms with Gasteiger partial charge in [-0.15, -0.1) is 0 Å². The van der Waals surface area contributed by atoms with Crippen LogP contribution in [0.3, 0.4) is 0 Å². The van der Waals surface area contributed by atoms with Crippen LogP contribution < -0.4 is 11.5 Å². The van der Waals surface area contributed by atoms with Crippen molar-refractivity contribution in [3.05, 3.63) is 41.9 Å². The minimum Gasteiger partial charge on any atom is -0.401 e. The number of hydrogen-bond acceptors (Lipinski definition) is 3. The smallest absolute Gasteiger partial charge is 0.0656 e. The minimum absolute atomic E-state index is 0.395. The molecule has 1 aliphatic carbocycles. The molecule has 0 amide bonds. The molecule has 0 spiro atoms. The Labute approximate surface area is 89.3 Å². The van der Waals surface area contributed by atoms with E-state index >= 15 is 0 Å². The minimum atomic E-state index is -0.395. The molecule has 0 radical (unpaired) electrons. The number of aromatic nitrogens is 2. The van der Waals surface area contributed by atoms with Crippen LogP contribution in [0, 0.1) is 0 Å². The van der Waals surface area contributed by atoms with Gasteiger partial charge >= 0.3 is 0 Å². The van der Waals surface area contributed by atoms with Gasteiger partial charge in [0.25, 0.3) is 0 Å². The molecule has 4 N–H and O–H groups in total. The highest BCUT2D eigenvalue weighted by Crippen LogP contribution is 2.22. The summed E-state index contributed by atoms with van der Waals surface area (Å²) in [5.74, 6) is 0. The van der Waals surface area contributed by atoms with Crippen LogP contribution in [0.5, 0.6) is 0 Å². The largest absolute Gasteiger partial charge is 0.401 e. The molecule has 1 heterocycles. The van der Waals surface area contributed by atoms with Crippen molar-refractivity contribution in [3.8, 4) is 0 Å². The van der Waals surface area contributed by atoms with E-state index in [-0.39, 0.29) is 0 Å². The maximum atomic E-state index is 6.00. The van der Waals surface area contributed by atoms with Crippen LogP contribution >= 0.6 is 0 Å². The second kappa shape index (κ2) is 3.55. The molecule has 1 aliphatic rings. The zero-order chi connectivity index (χ0) is 10.9. The van der Waals surface area contributed by atoms with Crippen molar-refractivity contribution in [2.75, 3.05) is 0 Å². The summed E-state index contributed by atoms with van der Waals surface area (Å²) in [6.07, 6.45) is 8.56. The van der Waals surface area contributed by atoms with E-state index in [0.717, 1.165) is 18.7 Å². The van der Waals surface area contributed by atoms with Crippen LogP contribution in [-0.4, -0.2) is 15.3 Å². The third kappa shape index (κ3) is 2.10. The Morgan fingerprint density at radius 3 is 3.00 bits per heavy atom. The van der Waals surface area contributed by atoms with Gasteiger partial charge in [-0.2, -0.15) is 5.10 Å². The van der Waals surface area contributed by atoms with Crippen LogP contribution in [-0.2, 0) is 6.54 Å². The van der Waals surface area contributed by atoms with Crippen molar-refractivity contribution in [1.29, 1.82) is 0 Å². The molecule has 0 aromatic carbocycles. The molecule has 1 atom stereocenters. The zero-order valence-electron chi connectivity index (χ0n) is 8.85. The van der Waals surface area contributed by atoms with Crippen LogP contribution in [0.15, 0.2) is 41.9 Å². The second-order valence-electron chi connectivity index (χ2n) is 4.20. The van der Waals surface area contributed by atoms with Crippen LogP contribution in [0.2, 0.25) is 0 Å². The molecule has 0 saturated carbocycles. The highest BCUT2D eigenvalue weighted by molar-refractivity contribution is 5.33. The van der Waals surface area contributed by atoms with Gasteiger partial charge in [0.1, 0.15) is 0 Å². The standard InChI is InChI=1S/C11H16N4/c1-11(13)4-3-9(7-10(11)12)8-15-6-2-5-14-15/h2-3,5-7H,4,8,12-13H2,1H3. The maximum absolute atomic E-state index is 6.00. The van der Waals surface area contributed by atoms with E-state index in [1.165, 1.54) is 5.57 Å². The molecule has 0 fully saturated rings. The Hall–Kier alpha value is -1.55. The first kappa shape index (κ1) is 9.98.